The first kappa shape index (κ1) is 11.3. The van der Waals surface area contributed by atoms with Gasteiger partial charge in [0.25, 0.3) is 0 Å². The van der Waals surface area contributed by atoms with Crippen LogP contribution in [0.3, 0.4) is 0 Å². The van der Waals surface area contributed by atoms with Crippen LogP contribution in [0, 0.1) is 0 Å². The van der Waals surface area contributed by atoms with Crippen molar-refractivity contribution >= 4 is 17.5 Å². The Hall–Kier alpha value is -2.17. The van der Waals surface area contributed by atoms with E-state index in [9.17, 15) is 19.5 Å². The summed E-state index contributed by atoms with van der Waals surface area (Å²) in [6, 6.07) is 4.20. The standard InChI is InChI=1S/C12H10O5/c1-2-8(14)17-12-10(15)6-4-3-5-7(13)9(6)11(12)16/h3-5,12-13H,2H2,1H3. The predicted molar refractivity (Wildman–Crippen MR) is 56.9 cm³/mol. The van der Waals surface area contributed by atoms with Crippen molar-refractivity contribution < 1.29 is 24.2 Å². The lowest BCUT2D eigenvalue weighted by atomic mass is 10.1. The fourth-order valence-corrected chi connectivity index (χ4v) is 1.72. The van der Waals surface area contributed by atoms with E-state index >= 15 is 0 Å². The summed E-state index contributed by atoms with van der Waals surface area (Å²) in [5, 5.41) is 9.52. The molecule has 1 aliphatic carbocycles. The first-order chi connectivity index (χ1) is 8.06. The van der Waals surface area contributed by atoms with Gasteiger partial charge in [0.15, 0.2) is 0 Å². The minimum absolute atomic E-state index is 0.0635. The Labute approximate surface area is 97.0 Å². The third kappa shape index (κ3) is 1.69. The van der Waals surface area contributed by atoms with Crippen molar-refractivity contribution in [1.29, 1.82) is 0 Å². The largest absolute Gasteiger partial charge is 0.507 e. The molecule has 1 aliphatic rings. The van der Waals surface area contributed by atoms with Crippen molar-refractivity contribution in [3.8, 4) is 5.75 Å². The second kappa shape index (κ2) is 4.01. The van der Waals surface area contributed by atoms with Crippen LogP contribution >= 0.6 is 0 Å². The summed E-state index contributed by atoms with van der Waals surface area (Å²) >= 11 is 0. The molecule has 0 aromatic heterocycles. The number of esters is 1. The zero-order valence-corrected chi connectivity index (χ0v) is 9.10. The smallest absolute Gasteiger partial charge is 0.306 e. The normalized spacial score (nSPS) is 18.1. The molecule has 0 saturated carbocycles. The highest BCUT2D eigenvalue weighted by molar-refractivity contribution is 6.30. The Morgan fingerprint density at radius 3 is 2.65 bits per heavy atom. The number of Topliss-reactive ketones (excluding diaryl/α,β-unsaturated/α-hetero) is 2. The zero-order valence-electron chi connectivity index (χ0n) is 9.10. The number of carbonyl (C=O) groups is 3. The first-order valence-electron chi connectivity index (χ1n) is 5.16. The highest BCUT2D eigenvalue weighted by Gasteiger charge is 2.42. The molecule has 0 radical (unpaired) electrons. The number of aromatic hydroxyl groups is 1. The van der Waals surface area contributed by atoms with Crippen LogP contribution in [0.25, 0.3) is 0 Å². The lowest BCUT2D eigenvalue weighted by Gasteiger charge is -2.07. The van der Waals surface area contributed by atoms with Gasteiger partial charge in [-0.15, -0.1) is 0 Å². The van der Waals surface area contributed by atoms with Gasteiger partial charge in [-0.05, 0) is 6.07 Å². The van der Waals surface area contributed by atoms with Gasteiger partial charge in [0.05, 0.1) is 5.56 Å². The molecule has 0 saturated heterocycles. The van der Waals surface area contributed by atoms with Crippen LogP contribution in [0.1, 0.15) is 34.1 Å². The van der Waals surface area contributed by atoms with E-state index in [0.29, 0.717) is 0 Å². The molecule has 0 bridgehead atoms. The summed E-state index contributed by atoms with van der Waals surface area (Å²) in [6.45, 7) is 1.57. The maximum Gasteiger partial charge on any atom is 0.306 e. The van der Waals surface area contributed by atoms with E-state index in [2.05, 4.69) is 0 Å². The summed E-state index contributed by atoms with van der Waals surface area (Å²) in [4.78, 5) is 34.7. The maximum absolute atomic E-state index is 11.8. The summed E-state index contributed by atoms with van der Waals surface area (Å²) in [5.41, 5.74) is 0.0373. The van der Waals surface area contributed by atoms with Gasteiger partial charge in [-0.2, -0.15) is 0 Å². The number of ketones is 2. The number of rotatable bonds is 2. The zero-order chi connectivity index (χ0) is 12.6. The van der Waals surface area contributed by atoms with Crippen LogP contribution < -0.4 is 0 Å². The van der Waals surface area contributed by atoms with Crippen molar-refractivity contribution in [1.82, 2.24) is 0 Å². The molecular formula is C12H10O5. The fourth-order valence-electron chi connectivity index (χ4n) is 1.72. The minimum atomic E-state index is -1.44. The molecule has 2 rings (SSSR count). The third-order valence-electron chi connectivity index (χ3n) is 2.57. The van der Waals surface area contributed by atoms with Gasteiger partial charge in [-0.25, -0.2) is 0 Å². The number of fused-ring (bicyclic) bond motifs is 1. The quantitative estimate of drug-likeness (QED) is 0.612. The van der Waals surface area contributed by atoms with Crippen molar-refractivity contribution in [3.05, 3.63) is 29.3 Å². The molecule has 88 valence electrons. The topological polar surface area (TPSA) is 80.7 Å². The SMILES string of the molecule is CCC(=O)OC1C(=O)c2cccc(O)c2C1=O. The number of ether oxygens (including phenoxy) is 1. The lowest BCUT2D eigenvalue weighted by molar-refractivity contribution is -0.144. The molecule has 1 atom stereocenters. The van der Waals surface area contributed by atoms with Gasteiger partial charge in [-0.3, -0.25) is 14.4 Å². The Balaban J connectivity index is 2.39. The van der Waals surface area contributed by atoms with Crippen molar-refractivity contribution in [3.63, 3.8) is 0 Å². The number of hydrogen-bond acceptors (Lipinski definition) is 5. The van der Waals surface area contributed by atoms with Crippen LogP contribution in [0.2, 0.25) is 0 Å². The Morgan fingerprint density at radius 2 is 2.06 bits per heavy atom. The lowest BCUT2D eigenvalue weighted by Crippen LogP contribution is -2.28. The number of phenolic OH excluding ortho intramolecular Hbond substituents is 1. The molecule has 0 heterocycles. The molecule has 5 nitrogen and oxygen atoms in total. The predicted octanol–water partition coefficient (Wildman–Crippen LogP) is 1.09. The van der Waals surface area contributed by atoms with E-state index in [1.165, 1.54) is 18.2 Å². The Kier molecular flexibility index (Phi) is 2.67. The number of phenols is 1. The van der Waals surface area contributed by atoms with Gasteiger partial charge in [0.1, 0.15) is 5.75 Å². The van der Waals surface area contributed by atoms with E-state index < -0.39 is 23.6 Å². The molecule has 0 spiro atoms. The number of carbonyl (C=O) groups excluding carboxylic acids is 3. The Morgan fingerprint density at radius 1 is 1.35 bits per heavy atom. The van der Waals surface area contributed by atoms with Crippen molar-refractivity contribution in [2.24, 2.45) is 0 Å². The van der Waals surface area contributed by atoms with Crippen molar-refractivity contribution in [2.75, 3.05) is 0 Å². The number of benzene rings is 1. The third-order valence-corrected chi connectivity index (χ3v) is 2.57. The summed E-state index contributed by atoms with van der Waals surface area (Å²) < 4.78 is 4.77. The molecule has 0 amide bonds. The average Bonchev–Trinajstić information content (AvgIpc) is 2.55. The fraction of sp³-hybridized carbons (Fsp3) is 0.250. The molecule has 1 aromatic carbocycles. The van der Waals surface area contributed by atoms with Crippen LogP contribution in [-0.4, -0.2) is 28.7 Å². The van der Waals surface area contributed by atoms with Gasteiger partial charge >= 0.3 is 5.97 Å². The highest BCUT2D eigenvalue weighted by atomic mass is 16.6. The van der Waals surface area contributed by atoms with Crippen LogP contribution in [0.15, 0.2) is 18.2 Å². The molecule has 1 N–H and O–H groups in total. The molecular weight excluding hydrogens is 224 g/mol. The van der Waals surface area contributed by atoms with Gasteiger partial charge in [0, 0.05) is 12.0 Å². The van der Waals surface area contributed by atoms with E-state index in [4.69, 9.17) is 4.74 Å². The van der Waals surface area contributed by atoms with E-state index in [1.807, 2.05) is 0 Å². The molecule has 1 aromatic rings. The summed E-state index contributed by atoms with van der Waals surface area (Å²) in [6.07, 6.45) is -1.36. The molecule has 5 heteroatoms. The minimum Gasteiger partial charge on any atom is -0.507 e. The van der Waals surface area contributed by atoms with Crippen LogP contribution in [-0.2, 0) is 9.53 Å². The van der Waals surface area contributed by atoms with Crippen LogP contribution in [0.5, 0.6) is 5.75 Å². The number of hydrogen-bond donors (Lipinski definition) is 1. The van der Waals surface area contributed by atoms with Crippen molar-refractivity contribution in [2.45, 2.75) is 19.4 Å². The summed E-state index contributed by atoms with van der Waals surface area (Å²) in [5.74, 6) is -2.13. The van der Waals surface area contributed by atoms with Gasteiger partial charge < -0.3 is 9.84 Å². The average molecular weight is 234 g/mol. The van der Waals surface area contributed by atoms with Gasteiger partial charge in [0.2, 0.25) is 17.7 Å². The molecule has 0 fully saturated rings. The molecule has 1 unspecified atom stereocenters. The van der Waals surface area contributed by atoms with E-state index in [0.717, 1.165) is 0 Å². The maximum atomic E-state index is 11.8. The second-order valence-corrected chi connectivity index (χ2v) is 3.65. The monoisotopic (exact) mass is 234 g/mol. The second-order valence-electron chi connectivity index (χ2n) is 3.65. The molecule has 0 aliphatic heterocycles. The first-order valence-corrected chi connectivity index (χ1v) is 5.16. The molecule has 17 heavy (non-hydrogen) atoms. The van der Waals surface area contributed by atoms with Gasteiger partial charge in [-0.1, -0.05) is 19.1 Å². The summed E-state index contributed by atoms with van der Waals surface area (Å²) in [7, 11) is 0. The van der Waals surface area contributed by atoms with E-state index in [1.54, 1.807) is 6.92 Å². The van der Waals surface area contributed by atoms with E-state index in [-0.39, 0.29) is 23.3 Å². The Bertz CT molecular complexity index is 518. The highest BCUT2D eigenvalue weighted by Crippen LogP contribution is 2.31. The van der Waals surface area contributed by atoms with Crippen LogP contribution in [0.4, 0.5) is 0 Å².